The molecule has 3 aromatic carbocycles. The van der Waals surface area contributed by atoms with Crippen molar-refractivity contribution in [3.05, 3.63) is 90.4 Å². The van der Waals surface area contributed by atoms with E-state index in [1.165, 1.54) is 5.56 Å². The molecule has 1 aliphatic rings. The number of nitrogens with one attached hydrogen (secondary N) is 2. The Morgan fingerprint density at radius 1 is 1.08 bits per heavy atom. The highest BCUT2D eigenvalue weighted by molar-refractivity contribution is 5.92. The summed E-state index contributed by atoms with van der Waals surface area (Å²) in [5, 5.41) is 13.3. The fourth-order valence-corrected chi connectivity index (χ4v) is 4.40. The van der Waals surface area contributed by atoms with Crippen molar-refractivity contribution in [2.45, 2.75) is 32.0 Å². The molecule has 178 valence electrons. The van der Waals surface area contributed by atoms with Crippen LogP contribution < -0.4 is 10.6 Å². The number of anilines is 2. The van der Waals surface area contributed by atoms with Gasteiger partial charge in [-0.15, -0.1) is 0 Å². The first-order chi connectivity index (χ1) is 17.5. The molecule has 0 bridgehead atoms. The zero-order valence-corrected chi connectivity index (χ0v) is 20.2. The van der Waals surface area contributed by atoms with Crippen molar-refractivity contribution < 1.29 is 4.74 Å². The van der Waals surface area contributed by atoms with Gasteiger partial charge >= 0.3 is 0 Å². The van der Waals surface area contributed by atoms with Crippen molar-refractivity contribution in [3.63, 3.8) is 0 Å². The van der Waals surface area contributed by atoms with E-state index < -0.39 is 0 Å². The molecule has 2 aromatic heterocycles. The van der Waals surface area contributed by atoms with Crippen molar-refractivity contribution in [3.8, 4) is 11.8 Å². The predicted octanol–water partition coefficient (Wildman–Crippen LogP) is 4.85. The van der Waals surface area contributed by atoms with Gasteiger partial charge in [0, 0.05) is 22.0 Å². The summed E-state index contributed by atoms with van der Waals surface area (Å²) < 4.78 is 7.74. The van der Waals surface area contributed by atoms with Crippen LogP contribution in [0, 0.1) is 11.8 Å². The minimum absolute atomic E-state index is 0.160. The van der Waals surface area contributed by atoms with Crippen molar-refractivity contribution in [1.82, 2.24) is 25.1 Å². The summed E-state index contributed by atoms with van der Waals surface area (Å²) in [5.74, 6) is 7.25. The summed E-state index contributed by atoms with van der Waals surface area (Å²) in [6.07, 6.45) is 3.32. The lowest BCUT2D eigenvalue weighted by Gasteiger charge is -2.20. The third kappa shape index (κ3) is 4.40. The maximum Gasteiger partial charge on any atom is 0.141 e. The maximum atomic E-state index is 5.72. The van der Waals surface area contributed by atoms with Crippen LogP contribution in [0.5, 0.6) is 0 Å². The molecule has 6 rings (SSSR count). The Kier molecular flexibility index (Phi) is 5.61. The van der Waals surface area contributed by atoms with Gasteiger partial charge in [-0.05, 0) is 55.8 Å². The van der Waals surface area contributed by atoms with Crippen LogP contribution in [0.1, 0.15) is 25.0 Å². The number of hydrogen-bond donors (Lipinski definition) is 2. The Morgan fingerprint density at radius 3 is 2.81 bits per heavy atom. The van der Waals surface area contributed by atoms with Crippen molar-refractivity contribution in [1.29, 1.82) is 0 Å². The SMILES string of the molecule is CC1(C)NCOC1C#Cc1ccc2ncnc(Nc3ccc4c(cnn4Cc4ccccc4)c3)c2c1. The first kappa shape index (κ1) is 22.2. The minimum Gasteiger partial charge on any atom is -0.348 e. The molecule has 1 aliphatic heterocycles. The Labute approximate surface area is 209 Å². The standard InChI is InChI=1S/C29H26N6O/c1-29(2)27(36-19-32-29)13-9-20-8-11-25-24(14-20)28(31-18-30-25)34-23-10-12-26-22(15-23)16-33-35(26)17-21-6-4-3-5-7-21/h3-8,10-12,14-16,18,27,32H,17,19H2,1-2H3,(H,30,31,34). The van der Waals surface area contributed by atoms with Gasteiger partial charge in [-0.2, -0.15) is 5.10 Å². The lowest BCUT2D eigenvalue weighted by molar-refractivity contribution is 0.132. The summed E-state index contributed by atoms with van der Waals surface area (Å²) in [7, 11) is 0. The van der Waals surface area contributed by atoms with Crippen LogP contribution in [0.4, 0.5) is 11.5 Å². The molecule has 5 aromatic rings. The van der Waals surface area contributed by atoms with Crippen molar-refractivity contribution in [2.75, 3.05) is 12.0 Å². The largest absolute Gasteiger partial charge is 0.348 e. The Morgan fingerprint density at radius 2 is 1.97 bits per heavy atom. The van der Waals surface area contributed by atoms with E-state index in [0.717, 1.165) is 45.4 Å². The van der Waals surface area contributed by atoms with Gasteiger partial charge in [-0.25, -0.2) is 9.97 Å². The average molecular weight is 475 g/mol. The first-order valence-electron chi connectivity index (χ1n) is 11.9. The fourth-order valence-electron chi connectivity index (χ4n) is 4.40. The van der Waals surface area contributed by atoms with Gasteiger partial charge in [0.25, 0.3) is 0 Å². The number of aromatic nitrogens is 4. The highest BCUT2D eigenvalue weighted by atomic mass is 16.5. The van der Waals surface area contributed by atoms with E-state index in [1.54, 1.807) is 6.33 Å². The Balaban J connectivity index is 1.27. The van der Waals surface area contributed by atoms with E-state index in [2.05, 4.69) is 81.7 Å². The molecule has 7 heteroatoms. The van der Waals surface area contributed by atoms with E-state index in [1.807, 2.05) is 47.3 Å². The van der Waals surface area contributed by atoms with Crippen molar-refractivity contribution >= 4 is 33.3 Å². The maximum absolute atomic E-state index is 5.72. The van der Waals surface area contributed by atoms with Gasteiger partial charge in [-0.3, -0.25) is 10.00 Å². The first-order valence-corrected chi connectivity index (χ1v) is 11.9. The summed E-state index contributed by atoms with van der Waals surface area (Å²) in [5.41, 5.74) is 4.81. The van der Waals surface area contributed by atoms with Crippen molar-refractivity contribution in [2.24, 2.45) is 0 Å². The second-order valence-electron chi connectivity index (χ2n) is 9.50. The number of nitrogens with zero attached hydrogens (tertiary/aromatic N) is 4. The second-order valence-corrected chi connectivity index (χ2v) is 9.50. The summed E-state index contributed by atoms with van der Waals surface area (Å²) >= 11 is 0. The molecule has 7 nitrogen and oxygen atoms in total. The van der Waals surface area contributed by atoms with Gasteiger partial charge in [0.1, 0.15) is 18.2 Å². The highest BCUT2D eigenvalue weighted by Crippen LogP contribution is 2.27. The smallest absolute Gasteiger partial charge is 0.141 e. The molecule has 36 heavy (non-hydrogen) atoms. The second kappa shape index (κ2) is 9.08. The van der Waals surface area contributed by atoms with Crippen LogP contribution in [-0.4, -0.2) is 38.1 Å². The van der Waals surface area contributed by atoms with Crippen LogP contribution in [0.3, 0.4) is 0 Å². The van der Waals surface area contributed by atoms with E-state index in [4.69, 9.17) is 4.74 Å². The topological polar surface area (TPSA) is 76.9 Å². The number of fused-ring (bicyclic) bond motifs is 2. The van der Waals surface area contributed by atoms with Crippen LogP contribution in [0.2, 0.25) is 0 Å². The van der Waals surface area contributed by atoms with Gasteiger partial charge in [0.05, 0.1) is 36.0 Å². The molecule has 0 spiro atoms. The molecule has 1 atom stereocenters. The Hall–Kier alpha value is -4.25. The summed E-state index contributed by atoms with van der Waals surface area (Å²) in [6, 6.07) is 22.6. The average Bonchev–Trinajstić information content (AvgIpc) is 3.45. The van der Waals surface area contributed by atoms with Crippen LogP contribution >= 0.6 is 0 Å². The van der Waals surface area contributed by atoms with Crippen LogP contribution in [-0.2, 0) is 11.3 Å². The van der Waals surface area contributed by atoms with E-state index in [0.29, 0.717) is 6.73 Å². The van der Waals surface area contributed by atoms with Gasteiger partial charge in [0.15, 0.2) is 0 Å². The normalized spacial score (nSPS) is 16.7. The van der Waals surface area contributed by atoms with E-state index >= 15 is 0 Å². The molecular formula is C29H26N6O. The fraction of sp³-hybridized carbons (Fsp3) is 0.207. The molecule has 1 fully saturated rings. The molecule has 0 saturated carbocycles. The molecule has 3 heterocycles. The summed E-state index contributed by atoms with van der Waals surface area (Å²) in [6.45, 7) is 5.44. The third-order valence-corrected chi connectivity index (χ3v) is 6.50. The zero-order valence-electron chi connectivity index (χ0n) is 20.2. The molecule has 0 amide bonds. The zero-order chi connectivity index (χ0) is 24.5. The number of benzene rings is 3. The van der Waals surface area contributed by atoms with E-state index in [-0.39, 0.29) is 11.6 Å². The molecule has 1 saturated heterocycles. The number of rotatable bonds is 4. The van der Waals surface area contributed by atoms with E-state index in [9.17, 15) is 0 Å². The van der Waals surface area contributed by atoms with Crippen LogP contribution in [0.25, 0.3) is 21.8 Å². The third-order valence-electron chi connectivity index (χ3n) is 6.50. The van der Waals surface area contributed by atoms with Crippen LogP contribution in [0.15, 0.2) is 79.3 Å². The molecule has 0 radical (unpaired) electrons. The van der Waals surface area contributed by atoms with Gasteiger partial charge in [-0.1, -0.05) is 42.2 Å². The highest BCUT2D eigenvalue weighted by Gasteiger charge is 2.33. The molecule has 2 N–H and O–H groups in total. The monoisotopic (exact) mass is 474 g/mol. The minimum atomic E-state index is -0.173. The quantitative estimate of drug-likeness (QED) is 0.363. The molecule has 0 aliphatic carbocycles. The Bertz CT molecular complexity index is 1610. The summed E-state index contributed by atoms with van der Waals surface area (Å²) in [4.78, 5) is 8.95. The number of ether oxygens (including phenoxy) is 1. The number of hydrogen-bond acceptors (Lipinski definition) is 6. The lowest BCUT2D eigenvalue weighted by atomic mass is 9.99. The molecule has 1 unspecified atom stereocenters. The van der Waals surface area contributed by atoms with Gasteiger partial charge < -0.3 is 10.1 Å². The molecular weight excluding hydrogens is 448 g/mol. The predicted molar refractivity (Wildman–Crippen MR) is 142 cm³/mol. The van der Waals surface area contributed by atoms with Gasteiger partial charge in [0.2, 0.25) is 0 Å². The lowest BCUT2D eigenvalue weighted by Crippen LogP contribution is -2.40.